The molecule has 2 aromatic rings. The van der Waals surface area contributed by atoms with E-state index in [0.29, 0.717) is 25.9 Å². The quantitative estimate of drug-likeness (QED) is 0.843. The van der Waals surface area contributed by atoms with Gasteiger partial charge in [0.05, 0.1) is 5.69 Å². The Morgan fingerprint density at radius 2 is 2.07 bits per heavy atom. The van der Waals surface area contributed by atoms with Gasteiger partial charge in [0.15, 0.2) is 5.82 Å². The normalized spacial score (nSPS) is 18.9. The van der Waals surface area contributed by atoms with Crippen molar-refractivity contribution in [2.75, 3.05) is 25.5 Å². The van der Waals surface area contributed by atoms with Crippen LogP contribution in [0.1, 0.15) is 37.9 Å². The van der Waals surface area contributed by atoms with Gasteiger partial charge < -0.3 is 19.9 Å². The summed E-state index contributed by atoms with van der Waals surface area (Å²) in [5.74, 6) is 0.895. The van der Waals surface area contributed by atoms with Gasteiger partial charge in [0.25, 0.3) is 5.91 Å². The van der Waals surface area contributed by atoms with Crippen molar-refractivity contribution in [2.45, 2.75) is 50.7 Å². The molecule has 150 valence electrons. The molecular weight excluding hydrogens is 361 g/mol. The van der Waals surface area contributed by atoms with Gasteiger partial charge >= 0.3 is 0 Å². The molecule has 0 aliphatic carbocycles. The van der Waals surface area contributed by atoms with Crippen molar-refractivity contribution < 1.29 is 13.9 Å². The van der Waals surface area contributed by atoms with Crippen molar-refractivity contribution in [3.05, 3.63) is 29.8 Å². The highest BCUT2D eigenvalue weighted by atomic mass is 19.1. The summed E-state index contributed by atoms with van der Waals surface area (Å²) < 4.78 is 22.1. The molecule has 3 heterocycles. The molecule has 0 radical (unpaired) electrons. The molecule has 2 N–H and O–H groups in total. The van der Waals surface area contributed by atoms with Gasteiger partial charge in [0.1, 0.15) is 17.2 Å². The first kappa shape index (κ1) is 19.0. The second kappa shape index (κ2) is 7.97. The van der Waals surface area contributed by atoms with Gasteiger partial charge in [-0.3, -0.25) is 4.79 Å². The molecule has 0 spiro atoms. The van der Waals surface area contributed by atoms with Crippen LogP contribution >= 0.6 is 0 Å². The molecule has 0 saturated carbocycles. The van der Waals surface area contributed by atoms with E-state index in [1.54, 1.807) is 12.1 Å². The van der Waals surface area contributed by atoms with Crippen LogP contribution in [0, 0.1) is 5.82 Å². The van der Waals surface area contributed by atoms with Crippen LogP contribution in [0.25, 0.3) is 11.4 Å². The van der Waals surface area contributed by atoms with Crippen LogP contribution in [0.2, 0.25) is 0 Å². The predicted molar refractivity (Wildman–Crippen MR) is 103 cm³/mol. The van der Waals surface area contributed by atoms with Crippen LogP contribution in [0.5, 0.6) is 0 Å². The maximum Gasteiger partial charge on any atom is 0.256 e. The number of aryl methyl sites for hydroxylation is 1. The van der Waals surface area contributed by atoms with E-state index >= 15 is 0 Å². The number of anilines is 1. The number of nitrogens with zero attached hydrogens (tertiary/aromatic N) is 3. The number of aromatic nitrogens is 3. The zero-order valence-corrected chi connectivity index (χ0v) is 16.1. The summed E-state index contributed by atoms with van der Waals surface area (Å²) in [5.41, 5.74) is -0.0443. The Labute approximate surface area is 163 Å². The Morgan fingerprint density at radius 3 is 2.86 bits per heavy atom. The van der Waals surface area contributed by atoms with Gasteiger partial charge in [0, 0.05) is 25.6 Å². The highest BCUT2D eigenvalue weighted by Gasteiger charge is 2.40. The van der Waals surface area contributed by atoms with Crippen LogP contribution in [0.4, 0.5) is 10.1 Å². The SMILES string of the molecule is COC1(C(=O)Nc2cc(-c3nnc4n3CCCCC4)ccc2F)CCNCC1. The minimum Gasteiger partial charge on any atom is -0.368 e. The van der Waals surface area contributed by atoms with E-state index in [1.165, 1.54) is 19.6 Å². The summed E-state index contributed by atoms with van der Waals surface area (Å²) in [6.45, 7) is 2.24. The number of nitrogens with one attached hydrogen (secondary N) is 2. The molecule has 1 fully saturated rings. The third-order valence-corrected chi connectivity index (χ3v) is 5.80. The van der Waals surface area contributed by atoms with E-state index in [0.717, 1.165) is 43.0 Å². The maximum atomic E-state index is 14.5. The molecule has 1 aromatic carbocycles. The van der Waals surface area contributed by atoms with Crippen molar-refractivity contribution in [1.82, 2.24) is 20.1 Å². The molecule has 0 atom stereocenters. The summed E-state index contributed by atoms with van der Waals surface area (Å²) >= 11 is 0. The minimum absolute atomic E-state index is 0.142. The Kier molecular flexibility index (Phi) is 5.41. The van der Waals surface area contributed by atoms with Gasteiger partial charge in [-0.2, -0.15) is 0 Å². The standard InChI is InChI=1S/C20H26FN5O2/c1-28-20(8-10-22-11-9-20)19(27)23-16-13-14(6-7-15(16)21)18-25-24-17-5-3-2-4-12-26(17)18/h6-7,13,22H,2-5,8-12H2,1H3,(H,23,27). The first-order chi connectivity index (χ1) is 13.6. The fourth-order valence-electron chi connectivity index (χ4n) is 4.05. The van der Waals surface area contributed by atoms with E-state index in [1.807, 2.05) is 0 Å². The van der Waals surface area contributed by atoms with Crippen LogP contribution in [0.15, 0.2) is 18.2 Å². The first-order valence-corrected chi connectivity index (χ1v) is 9.92. The second-order valence-corrected chi connectivity index (χ2v) is 7.50. The zero-order valence-electron chi connectivity index (χ0n) is 16.1. The molecule has 28 heavy (non-hydrogen) atoms. The van der Waals surface area contributed by atoms with E-state index < -0.39 is 11.4 Å². The number of hydrogen-bond donors (Lipinski definition) is 2. The van der Waals surface area contributed by atoms with Crippen molar-refractivity contribution in [2.24, 2.45) is 0 Å². The molecule has 1 saturated heterocycles. The molecule has 0 unspecified atom stereocenters. The maximum absolute atomic E-state index is 14.5. The summed E-state index contributed by atoms with van der Waals surface area (Å²) in [6, 6.07) is 4.69. The molecular formula is C20H26FN5O2. The molecule has 8 heteroatoms. The Balaban J connectivity index is 1.61. The number of benzene rings is 1. The predicted octanol–water partition coefficient (Wildman–Crippen LogP) is 2.52. The van der Waals surface area contributed by atoms with Gasteiger partial charge in [-0.15, -0.1) is 10.2 Å². The van der Waals surface area contributed by atoms with Crippen molar-refractivity contribution in [3.63, 3.8) is 0 Å². The number of fused-ring (bicyclic) bond motifs is 1. The van der Waals surface area contributed by atoms with E-state index in [9.17, 15) is 9.18 Å². The summed E-state index contributed by atoms with van der Waals surface area (Å²) in [5, 5.41) is 14.6. The average molecular weight is 387 g/mol. The largest absolute Gasteiger partial charge is 0.368 e. The summed E-state index contributed by atoms with van der Waals surface area (Å²) in [7, 11) is 1.53. The van der Waals surface area contributed by atoms with E-state index in [4.69, 9.17) is 4.74 Å². The minimum atomic E-state index is -0.931. The fourth-order valence-corrected chi connectivity index (χ4v) is 4.05. The third kappa shape index (κ3) is 3.54. The summed E-state index contributed by atoms with van der Waals surface area (Å²) in [6.07, 6.45) is 5.36. The number of amides is 1. The average Bonchev–Trinajstić information content (AvgIpc) is 2.98. The van der Waals surface area contributed by atoms with Crippen molar-refractivity contribution in [1.29, 1.82) is 0 Å². The molecule has 4 rings (SSSR count). The lowest BCUT2D eigenvalue weighted by Gasteiger charge is -2.34. The number of halogens is 1. The van der Waals surface area contributed by atoms with Crippen LogP contribution < -0.4 is 10.6 Å². The fraction of sp³-hybridized carbons (Fsp3) is 0.550. The highest BCUT2D eigenvalue weighted by molar-refractivity contribution is 5.98. The van der Waals surface area contributed by atoms with Gasteiger partial charge in [-0.1, -0.05) is 6.42 Å². The number of ether oxygens (including phenoxy) is 1. The lowest BCUT2D eigenvalue weighted by atomic mass is 9.91. The number of methoxy groups -OCH3 is 1. The highest BCUT2D eigenvalue weighted by Crippen LogP contribution is 2.29. The third-order valence-electron chi connectivity index (χ3n) is 5.80. The lowest BCUT2D eigenvalue weighted by Crippen LogP contribution is -2.51. The Morgan fingerprint density at radius 1 is 1.25 bits per heavy atom. The second-order valence-electron chi connectivity index (χ2n) is 7.50. The summed E-state index contributed by atoms with van der Waals surface area (Å²) in [4.78, 5) is 12.9. The van der Waals surface area contributed by atoms with Gasteiger partial charge in [-0.25, -0.2) is 4.39 Å². The number of hydrogen-bond acceptors (Lipinski definition) is 5. The molecule has 0 bridgehead atoms. The molecule has 2 aliphatic rings. The van der Waals surface area contributed by atoms with Gasteiger partial charge in [0.2, 0.25) is 0 Å². The molecule has 7 nitrogen and oxygen atoms in total. The molecule has 1 amide bonds. The van der Waals surface area contributed by atoms with E-state index in [2.05, 4.69) is 25.4 Å². The van der Waals surface area contributed by atoms with Crippen LogP contribution in [-0.2, 0) is 22.5 Å². The number of carbonyl (C=O) groups excluding carboxylic acids is 1. The lowest BCUT2D eigenvalue weighted by molar-refractivity contribution is -0.140. The first-order valence-electron chi connectivity index (χ1n) is 9.92. The van der Waals surface area contributed by atoms with Crippen molar-refractivity contribution in [3.8, 4) is 11.4 Å². The van der Waals surface area contributed by atoms with Crippen LogP contribution in [0.3, 0.4) is 0 Å². The van der Waals surface area contributed by atoms with E-state index in [-0.39, 0.29) is 11.6 Å². The number of piperidine rings is 1. The Bertz CT molecular complexity index is 860. The monoisotopic (exact) mass is 387 g/mol. The zero-order chi connectivity index (χ0) is 19.6. The van der Waals surface area contributed by atoms with Gasteiger partial charge in [-0.05, 0) is 57.0 Å². The topological polar surface area (TPSA) is 81.1 Å². The van der Waals surface area contributed by atoms with Crippen molar-refractivity contribution >= 4 is 11.6 Å². The van der Waals surface area contributed by atoms with Crippen LogP contribution in [-0.4, -0.2) is 46.5 Å². The molecule has 2 aliphatic heterocycles. The molecule has 1 aromatic heterocycles. The number of carbonyl (C=O) groups is 1. The Hall–Kier alpha value is -2.32. The smallest absolute Gasteiger partial charge is 0.256 e. The number of rotatable bonds is 4.